The molecule has 0 saturated heterocycles. The molecule has 0 atom stereocenters. The molecule has 0 amide bonds. The molecule has 1 saturated carbocycles. The van der Waals surface area contributed by atoms with Gasteiger partial charge in [0.1, 0.15) is 5.75 Å². The number of hydrogen-bond acceptors (Lipinski definition) is 5. The summed E-state index contributed by atoms with van der Waals surface area (Å²) in [5, 5.41) is 0. The first-order valence-electron chi connectivity index (χ1n) is 13.2. The summed E-state index contributed by atoms with van der Waals surface area (Å²) in [5.74, 6) is 0.432. The van der Waals surface area contributed by atoms with E-state index < -0.39 is 0 Å². The normalized spacial score (nSPS) is 16.4. The predicted octanol–water partition coefficient (Wildman–Crippen LogP) is 5.55. The van der Waals surface area contributed by atoms with E-state index in [1.54, 1.807) is 24.3 Å². The number of ether oxygens (including phenoxy) is 2. The second-order valence-electron chi connectivity index (χ2n) is 9.73. The van der Waals surface area contributed by atoms with Crippen LogP contribution in [0.2, 0.25) is 0 Å². The minimum atomic E-state index is -0.322. The molecule has 0 radical (unpaired) electrons. The van der Waals surface area contributed by atoms with E-state index in [4.69, 9.17) is 20.9 Å². The fourth-order valence-electron chi connectivity index (χ4n) is 4.70. The fourth-order valence-corrected chi connectivity index (χ4v) is 4.70. The third-order valence-corrected chi connectivity index (χ3v) is 6.92. The Labute approximate surface area is 236 Å². The number of aryl methyl sites for hydroxylation is 1. The van der Waals surface area contributed by atoms with Crippen molar-refractivity contribution < 1.29 is 19.1 Å². The summed E-state index contributed by atoms with van der Waals surface area (Å²) in [6.45, 7) is 0.998. The van der Waals surface area contributed by atoms with Crippen molar-refractivity contribution in [1.29, 1.82) is 0 Å². The maximum atomic E-state index is 12.6. The smallest absolute Gasteiger partial charge is 0.338 e. The number of nitrogens with zero attached hydrogens (tertiary/aromatic N) is 1. The number of hydrogen-bond donors (Lipinski definition) is 2. The predicted molar refractivity (Wildman–Crippen MR) is 156 cm³/mol. The molecule has 1 fully saturated rings. The Balaban J connectivity index is 0.00000420. The van der Waals surface area contributed by atoms with Gasteiger partial charge in [-0.1, -0.05) is 54.6 Å². The largest absolute Gasteiger partial charge is 0.462 e. The SMILES string of the molecule is Cl.NC(N)=NCC1CCC(C(=O)Oc2ccc(-c3ccc(C(=O)OCCCc4ccccc4)cc3)cc2)CC1. The van der Waals surface area contributed by atoms with Gasteiger partial charge >= 0.3 is 11.9 Å². The van der Waals surface area contributed by atoms with E-state index in [0.717, 1.165) is 49.7 Å². The molecule has 0 spiro atoms. The van der Waals surface area contributed by atoms with Crippen molar-refractivity contribution in [1.82, 2.24) is 0 Å². The van der Waals surface area contributed by atoms with E-state index in [0.29, 0.717) is 30.4 Å². The lowest BCUT2D eigenvalue weighted by molar-refractivity contribution is -0.140. The third kappa shape index (κ3) is 9.14. The first kappa shape index (κ1) is 29.7. The lowest BCUT2D eigenvalue weighted by Gasteiger charge is -2.26. The Hall–Kier alpha value is -3.84. The van der Waals surface area contributed by atoms with Crippen LogP contribution < -0.4 is 16.2 Å². The van der Waals surface area contributed by atoms with Gasteiger partial charge in [0, 0.05) is 6.54 Å². The average molecular weight is 550 g/mol. The first-order valence-corrected chi connectivity index (χ1v) is 13.2. The second-order valence-corrected chi connectivity index (χ2v) is 9.73. The minimum Gasteiger partial charge on any atom is -0.462 e. The molecule has 0 bridgehead atoms. The molecular formula is C31H36ClN3O4. The average Bonchev–Trinajstić information content (AvgIpc) is 2.95. The van der Waals surface area contributed by atoms with Gasteiger partial charge in [0.2, 0.25) is 0 Å². The molecular weight excluding hydrogens is 514 g/mol. The van der Waals surface area contributed by atoms with Crippen LogP contribution in [0.1, 0.15) is 48.0 Å². The molecule has 206 valence electrons. The van der Waals surface area contributed by atoms with E-state index in [1.807, 2.05) is 42.5 Å². The molecule has 7 nitrogen and oxygen atoms in total. The lowest BCUT2D eigenvalue weighted by atomic mass is 9.82. The molecule has 3 aromatic carbocycles. The summed E-state index contributed by atoms with van der Waals surface area (Å²) < 4.78 is 11.1. The minimum absolute atomic E-state index is 0. The maximum Gasteiger partial charge on any atom is 0.338 e. The van der Waals surface area contributed by atoms with Crippen LogP contribution in [0, 0.1) is 11.8 Å². The van der Waals surface area contributed by atoms with Crippen molar-refractivity contribution in [3.8, 4) is 16.9 Å². The number of guanidine groups is 1. The summed E-state index contributed by atoms with van der Waals surface area (Å²) in [7, 11) is 0. The van der Waals surface area contributed by atoms with Crippen molar-refractivity contribution in [3.05, 3.63) is 90.0 Å². The van der Waals surface area contributed by atoms with Gasteiger partial charge < -0.3 is 20.9 Å². The zero-order chi connectivity index (χ0) is 26.7. The van der Waals surface area contributed by atoms with Crippen molar-refractivity contribution >= 4 is 30.3 Å². The highest BCUT2D eigenvalue weighted by molar-refractivity contribution is 5.90. The summed E-state index contributed by atoms with van der Waals surface area (Å²) in [6.07, 6.45) is 5.04. The van der Waals surface area contributed by atoms with E-state index in [2.05, 4.69) is 17.1 Å². The number of carbonyl (C=O) groups excluding carboxylic acids is 2. The van der Waals surface area contributed by atoms with Gasteiger partial charge in [-0.05, 0) is 85.4 Å². The number of aliphatic imine (C=N–C) groups is 1. The topological polar surface area (TPSA) is 117 Å². The molecule has 1 aliphatic rings. The van der Waals surface area contributed by atoms with E-state index in [9.17, 15) is 9.59 Å². The fraction of sp³-hybridized carbons (Fsp3) is 0.323. The molecule has 0 heterocycles. The number of carbonyl (C=O) groups is 2. The number of rotatable bonds is 10. The van der Waals surface area contributed by atoms with Crippen molar-refractivity contribution in [3.63, 3.8) is 0 Å². The number of nitrogens with two attached hydrogens (primary N) is 2. The maximum absolute atomic E-state index is 12.6. The van der Waals surface area contributed by atoms with Gasteiger partial charge in [0.25, 0.3) is 0 Å². The summed E-state index contributed by atoms with van der Waals surface area (Å²) in [4.78, 5) is 29.1. The third-order valence-electron chi connectivity index (χ3n) is 6.92. The van der Waals surface area contributed by atoms with Crippen molar-refractivity contribution in [2.75, 3.05) is 13.2 Å². The zero-order valence-electron chi connectivity index (χ0n) is 22.0. The van der Waals surface area contributed by atoms with Gasteiger partial charge in [-0.2, -0.15) is 0 Å². The Morgan fingerprint density at radius 2 is 1.44 bits per heavy atom. The van der Waals surface area contributed by atoms with Crippen LogP contribution in [0.25, 0.3) is 11.1 Å². The van der Waals surface area contributed by atoms with Gasteiger partial charge in [0.05, 0.1) is 18.1 Å². The van der Waals surface area contributed by atoms with E-state index >= 15 is 0 Å². The molecule has 3 aromatic rings. The number of benzene rings is 3. The Bertz CT molecular complexity index is 1220. The first-order chi connectivity index (χ1) is 18.5. The highest BCUT2D eigenvalue weighted by atomic mass is 35.5. The van der Waals surface area contributed by atoms with Crippen molar-refractivity contribution in [2.24, 2.45) is 28.3 Å². The molecule has 0 aromatic heterocycles. The van der Waals surface area contributed by atoms with Crippen LogP contribution >= 0.6 is 12.4 Å². The van der Waals surface area contributed by atoms with Crippen LogP contribution in [-0.4, -0.2) is 31.0 Å². The molecule has 8 heteroatoms. The quantitative estimate of drug-likeness (QED) is 0.113. The molecule has 4 N–H and O–H groups in total. The van der Waals surface area contributed by atoms with Crippen LogP contribution in [0.3, 0.4) is 0 Å². The highest BCUT2D eigenvalue weighted by Gasteiger charge is 2.27. The van der Waals surface area contributed by atoms with Crippen molar-refractivity contribution in [2.45, 2.75) is 38.5 Å². The molecule has 1 aliphatic carbocycles. The standard InChI is InChI=1S/C31H35N3O4.ClH/c32-31(33)34-21-23-8-10-27(11-9-23)30(36)38-28-18-16-25(17-19-28)24-12-14-26(15-13-24)29(35)37-20-4-7-22-5-2-1-3-6-22;/h1-3,5-6,12-19,23,27H,4,7-11,20-21H2,(H4,32,33,34);1H. The van der Waals surface area contributed by atoms with E-state index in [1.165, 1.54) is 5.56 Å². The summed E-state index contributed by atoms with van der Waals surface area (Å²) >= 11 is 0. The Morgan fingerprint density at radius 1 is 0.821 bits per heavy atom. The van der Waals surface area contributed by atoms with Gasteiger partial charge in [-0.25, -0.2) is 4.79 Å². The Kier molecular flexibility index (Phi) is 11.4. The van der Waals surface area contributed by atoms with Gasteiger partial charge in [0.15, 0.2) is 5.96 Å². The van der Waals surface area contributed by atoms with Crippen LogP contribution in [0.5, 0.6) is 5.75 Å². The van der Waals surface area contributed by atoms with Crippen LogP contribution in [0.15, 0.2) is 83.9 Å². The monoisotopic (exact) mass is 549 g/mol. The zero-order valence-corrected chi connectivity index (χ0v) is 22.8. The van der Waals surface area contributed by atoms with Crippen LogP contribution in [-0.2, 0) is 16.0 Å². The number of halogens is 1. The van der Waals surface area contributed by atoms with E-state index in [-0.39, 0.29) is 36.2 Å². The molecule has 4 rings (SSSR count). The van der Waals surface area contributed by atoms with Crippen LogP contribution in [0.4, 0.5) is 0 Å². The summed E-state index contributed by atoms with van der Waals surface area (Å²) in [6, 6.07) is 24.9. The molecule has 0 aliphatic heterocycles. The van der Waals surface area contributed by atoms with Gasteiger partial charge in [-0.3, -0.25) is 9.79 Å². The second kappa shape index (κ2) is 14.9. The molecule has 39 heavy (non-hydrogen) atoms. The Morgan fingerprint density at radius 3 is 2.05 bits per heavy atom. The lowest BCUT2D eigenvalue weighted by Crippen LogP contribution is -2.28. The van der Waals surface area contributed by atoms with Gasteiger partial charge in [-0.15, -0.1) is 12.4 Å². The summed E-state index contributed by atoms with van der Waals surface area (Å²) in [5.41, 5.74) is 14.5. The molecule has 0 unspecified atom stereocenters. The number of esters is 2. The highest BCUT2D eigenvalue weighted by Crippen LogP contribution is 2.31.